The van der Waals surface area contributed by atoms with E-state index in [1.807, 2.05) is 0 Å². The van der Waals surface area contributed by atoms with Gasteiger partial charge in [-0.1, -0.05) is 73.0 Å². The van der Waals surface area contributed by atoms with E-state index < -0.39 is 164 Å². The van der Waals surface area contributed by atoms with E-state index in [4.69, 9.17) is 4.74 Å². The molecule has 486 valence electrons. The second-order valence-electron chi connectivity index (χ2n) is 20.5. The molecule has 0 spiro atoms. The summed E-state index contributed by atoms with van der Waals surface area (Å²) in [7, 11) is 0. The highest BCUT2D eigenvalue weighted by Crippen LogP contribution is 2.09. The maximum Gasteiger partial charge on any atom is 0.325 e. The molecule has 1 saturated heterocycles. The van der Waals surface area contributed by atoms with Crippen molar-refractivity contribution in [2.75, 3.05) is 52.5 Å². The Morgan fingerprint density at radius 2 is 1.00 bits per heavy atom. The molecule has 86 heavy (non-hydrogen) atoms. The van der Waals surface area contributed by atoms with Crippen LogP contribution in [0.3, 0.4) is 0 Å². The minimum absolute atomic E-state index is 0.0657. The lowest BCUT2D eigenvalue weighted by Crippen LogP contribution is -2.60. The normalized spacial score (nSPS) is 21.6. The molecule has 13 amide bonds. The first-order valence-corrected chi connectivity index (χ1v) is 29.0. The highest BCUT2D eigenvalue weighted by atomic mass is 16.5. The summed E-state index contributed by atoms with van der Waals surface area (Å²) in [6.45, 7) is 5.31. The molecular weight excluding hydrogens is 1130 g/mol. The monoisotopic (exact) mass is 1230 g/mol. The number of allylic oxidation sites excluding steroid dienone is 1. The average Bonchev–Trinajstić information content (AvgIpc) is 3.44. The molecule has 0 aromatic carbocycles. The predicted octanol–water partition coefficient (Wildman–Crippen LogP) is -2.91. The van der Waals surface area contributed by atoms with Crippen LogP contribution in [0.4, 0.5) is 0 Å². The summed E-state index contributed by atoms with van der Waals surface area (Å²) in [4.78, 5) is 185. The van der Waals surface area contributed by atoms with Crippen LogP contribution in [-0.2, 0) is 71.9 Å². The number of ether oxygens (including phenoxy) is 1. The van der Waals surface area contributed by atoms with Crippen LogP contribution in [0, 0.1) is 5.92 Å². The van der Waals surface area contributed by atoms with Gasteiger partial charge in [0.15, 0.2) is 0 Å². The fourth-order valence-electron chi connectivity index (χ4n) is 8.00. The molecule has 0 aromatic heterocycles. The maximum atomic E-state index is 14.1. The van der Waals surface area contributed by atoms with Crippen LogP contribution in [0.25, 0.3) is 0 Å². The lowest BCUT2D eigenvalue weighted by molar-refractivity contribution is -0.165. The number of amides is 13. The number of aliphatic hydroxyl groups excluding tert-OH is 1. The SMILES string of the molecule is CCCCCC/C=C\CC(=O)N[C@@H]1COC(=O)CNC(=O)C(CCCN(O)C(=O)CC)NC(=O)CNC(=O)[C@@H](C)NC(=O)C(CCCN(O)C(=O)CC)NC(=O)[C@H](CO)NC(=O)[C@@H](C(C)C)NC(=O)CNC(=O)C(CCCN(O)C(=O)CC)NC1=O. The number of hydroxylamine groups is 6. The van der Waals surface area contributed by atoms with Crippen LogP contribution < -0.4 is 53.2 Å². The van der Waals surface area contributed by atoms with Crippen LogP contribution in [0.5, 0.6) is 0 Å². The third-order valence-corrected chi connectivity index (χ3v) is 13.1. The predicted molar refractivity (Wildman–Crippen MR) is 303 cm³/mol. The summed E-state index contributed by atoms with van der Waals surface area (Å²) >= 11 is 0. The van der Waals surface area contributed by atoms with E-state index in [0.29, 0.717) is 21.6 Å². The number of hydrogen-bond donors (Lipinski definition) is 14. The first-order chi connectivity index (χ1) is 40.7. The van der Waals surface area contributed by atoms with Gasteiger partial charge in [-0.15, -0.1) is 0 Å². The van der Waals surface area contributed by atoms with Gasteiger partial charge in [0.25, 0.3) is 0 Å². The summed E-state index contributed by atoms with van der Waals surface area (Å²) in [6, 6.07) is -11.0. The van der Waals surface area contributed by atoms with Crippen molar-refractivity contribution in [3.8, 4) is 0 Å². The molecule has 1 heterocycles. The summed E-state index contributed by atoms with van der Waals surface area (Å²) in [5.74, 6) is -13.8. The second kappa shape index (κ2) is 42.1. The fraction of sp³-hybridized carbons (Fsp3) is 0.704. The third-order valence-electron chi connectivity index (χ3n) is 13.1. The Morgan fingerprint density at radius 3 is 1.50 bits per heavy atom. The van der Waals surface area contributed by atoms with E-state index in [1.165, 1.54) is 41.5 Å². The molecule has 0 aliphatic carbocycles. The van der Waals surface area contributed by atoms with Gasteiger partial charge in [-0.2, -0.15) is 0 Å². The van der Waals surface area contributed by atoms with Crippen molar-refractivity contribution in [2.45, 2.75) is 187 Å². The van der Waals surface area contributed by atoms with Crippen LogP contribution in [-0.4, -0.2) is 213 Å². The second-order valence-corrected chi connectivity index (χ2v) is 20.5. The molecule has 1 rings (SSSR count). The van der Waals surface area contributed by atoms with Gasteiger partial charge in [-0.25, -0.2) is 15.2 Å². The number of rotatable bonds is 25. The Bertz CT molecular complexity index is 2320. The first-order valence-electron chi connectivity index (χ1n) is 29.0. The largest absolute Gasteiger partial charge is 0.462 e. The lowest BCUT2D eigenvalue weighted by Gasteiger charge is -2.27. The van der Waals surface area contributed by atoms with Crippen LogP contribution >= 0.6 is 0 Å². The van der Waals surface area contributed by atoms with Crippen LogP contribution in [0.15, 0.2) is 12.2 Å². The summed E-state index contributed by atoms with van der Waals surface area (Å²) in [5, 5.41) is 65.6. The van der Waals surface area contributed by atoms with E-state index in [2.05, 4.69) is 60.1 Å². The zero-order valence-corrected chi connectivity index (χ0v) is 50.3. The van der Waals surface area contributed by atoms with Crippen molar-refractivity contribution in [1.82, 2.24) is 68.4 Å². The lowest BCUT2D eigenvalue weighted by atomic mass is 10.0. The molecule has 7 atom stereocenters. The number of carbonyl (C=O) groups excluding carboxylic acids is 14. The molecular formula is C54H91N13O19. The Hall–Kier alpha value is -7.84. The molecule has 1 fully saturated rings. The van der Waals surface area contributed by atoms with Crippen molar-refractivity contribution in [1.29, 1.82) is 0 Å². The van der Waals surface area contributed by atoms with Gasteiger partial charge in [-0.3, -0.25) is 82.7 Å². The van der Waals surface area contributed by atoms with Crippen molar-refractivity contribution in [3.05, 3.63) is 12.2 Å². The topological polar surface area (TPSA) is 459 Å². The van der Waals surface area contributed by atoms with Gasteiger partial charge in [0, 0.05) is 45.3 Å². The summed E-state index contributed by atoms with van der Waals surface area (Å²) < 4.78 is 5.32. The van der Waals surface area contributed by atoms with Crippen molar-refractivity contribution in [2.24, 2.45) is 5.92 Å². The number of esters is 1. The molecule has 0 bridgehead atoms. The Balaban J connectivity index is 3.83. The molecule has 1 aliphatic heterocycles. The van der Waals surface area contributed by atoms with Crippen LogP contribution in [0.1, 0.15) is 145 Å². The zero-order chi connectivity index (χ0) is 64.9. The Kier molecular flexibility index (Phi) is 37.2. The van der Waals surface area contributed by atoms with Gasteiger partial charge in [-0.05, 0) is 64.2 Å². The van der Waals surface area contributed by atoms with E-state index in [9.17, 15) is 87.9 Å². The van der Waals surface area contributed by atoms with Crippen molar-refractivity contribution >= 4 is 82.8 Å². The smallest absolute Gasteiger partial charge is 0.325 e. The number of unbranched alkanes of at least 4 members (excludes halogenated alkanes) is 4. The van der Waals surface area contributed by atoms with Crippen LogP contribution in [0.2, 0.25) is 0 Å². The third kappa shape index (κ3) is 30.3. The minimum atomic E-state index is -1.79. The van der Waals surface area contributed by atoms with Gasteiger partial charge >= 0.3 is 5.97 Å². The van der Waals surface area contributed by atoms with E-state index in [0.717, 1.165) is 25.7 Å². The number of aliphatic hydroxyl groups is 1. The van der Waals surface area contributed by atoms with Crippen molar-refractivity contribution in [3.63, 3.8) is 0 Å². The molecule has 32 nitrogen and oxygen atoms in total. The van der Waals surface area contributed by atoms with Gasteiger partial charge in [0.1, 0.15) is 55.4 Å². The van der Waals surface area contributed by atoms with E-state index >= 15 is 0 Å². The first kappa shape index (κ1) is 76.2. The Labute approximate surface area is 500 Å². The Morgan fingerprint density at radius 1 is 0.547 bits per heavy atom. The summed E-state index contributed by atoms with van der Waals surface area (Å²) in [5.41, 5.74) is 0. The molecule has 32 heteroatoms. The molecule has 14 N–H and O–H groups in total. The number of carbonyl (C=O) groups is 14. The maximum absolute atomic E-state index is 14.1. The quantitative estimate of drug-likeness (QED) is 0.0143. The minimum Gasteiger partial charge on any atom is -0.462 e. The molecule has 0 aromatic rings. The van der Waals surface area contributed by atoms with Gasteiger partial charge in [0.05, 0.1) is 19.7 Å². The number of hydrogen-bond acceptors (Lipinski definition) is 19. The van der Waals surface area contributed by atoms with Gasteiger partial charge < -0.3 is 63.0 Å². The molecule has 1 aliphatic rings. The standard InChI is InChI=1S/C54H91N13O19/c1-8-12-13-14-15-16-17-24-40(69)60-39-32-86-46(75)30-57-49(77)35(21-18-25-65(83)43(72)9-2)59-41(70)28-55-48(76)34(7)58-51(79)37(23-20-27-67(85)45(74)11-4)62-52(80)38(31-68)63-54(82)47(33(5)6)64-42(71)29-56-50(78)36(61-53(39)81)22-19-26-66(84)44(73)10-3/h16-17,33-39,47,68,83-85H,8-15,18-32H2,1-7H3,(H,55,76)(H,56,78)(H,57,77)(H,58,79)(H,59,70)(H,60,69)(H,61,81)(H,62,80)(H,63,82)(H,64,71)/b17-16-/t34-,35?,36?,37?,38+,39-,47-/m1/s1. The highest BCUT2D eigenvalue weighted by Gasteiger charge is 2.34. The number of nitrogens with one attached hydrogen (secondary N) is 10. The number of cyclic esters (lactones) is 1. The van der Waals surface area contributed by atoms with E-state index in [1.54, 1.807) is 12.2 Å². The van der Waals surface area contributed by atoms with Crippen molar-refractivity contribution < 1.29 is 92.6 Å². The fourth-order valence-corrected chi connectivity index (χ4v) is 8.00. The highest BCUT2D eigenvalue weighted by molar-refractivity contribution is 5.98. The average molecular weight is 1230 g/mol. The molecule has 3 unspecified atom stereocenters. The summed E-state index contributed by atoms with van der Waals surface area (Å²) in [6.07, 6.45) is 6.21. The molecule has 0 saturated carbocycles. The molecule has 0 radical (unpaired) electrons. The van der Waals surface area contributed by atoms with E-state index in [-0.39, 0.29) is 83.8 Å². The number of nitrogens with zero attached hydrogens (tertiary/aromatic N) is 3. The zero-order valence-electron chi connectivity index (χ0n) is 50.3. The van der Waals surface area contributed by atoms with Gasteiger partial charge in [0.2, 0.25) is 76.8 Å².